The van der Waals surface area contributed by atoms with E-state index in [2.05, 4.69) is 5.32 Å². The number of hydrogen-bond donors (Lipinski definition) is 1. The zero-order chi connectivity index (χ0) is 16.3. The van der Waals surface area contributed by atoms with Crippen LogP contribution in [0.1, 0.15) is 39.9 Å². The van der Waals surface area contributed by atoms with Gasteiger partial charge in [-0.1, -0.05) is 12.1 Å². The maximum absolute atomic E-state index is 12.3. The second-order valence-corrected chi connectivity index (χ2v) is 5.72. The highest BCUT2D eigenvalue weighted by Crippen LogP contribution is 2.20. The van der Waals surface area contributed by atoms with Crippen molar-refractivity contribution in [3.8, 4) is 5.75 Å². The summed E-state index contributed by atoms with van der Waals surface area (Å²) in [5.41, 5.74) is 2.66. The third-order valence-corrected chi connectivity index (χ3v) is 3.66. The second-order valence-electron chi connectivity index (χ2n) is 5.72. The van der Waals surface area contributed by atoms with E-state index in [1.807, 2.05) is 58.9 Å². The lowest BCUT2D eigenvalue weighted by Gasteiger charge is -2.15. The molecular weight excluding hydrogens is 278 g/mol. The molecule has 0 radical (unpaired) electrons. The molecule has 1 unspecified atom stereocenters. The fourth-order valence-corrected chi connectivity index (χ4v) is 2.39. The molecule has 4 heteroatoms. The summed E-state index contributed by atoms with van der Waals surface area (Å²) < 4.78 is 11.2. The molecular formula is C18H23NO3. The SMILES string of the molecule is Cc1cccc(OCC(C)NC(=O)c2c(C)oc(C)c2C)c1. The molecule has 2 aromatic rings. The first-order valence-electron chi connectivity index (χ1n) is 7.45. The van der Waals surface area contributed by atoms with Crippen LogP contribution < -0.4 is 10.1 Å². The predicted octanol–water partition coefficient (Wildman–Crippen LogP) is 3.71. The maximum atomic E-state index is 12.3. The minimum atomic E-state index is -0.118. The van der Waals surface area contributed by atoms with Crippen molar-refractivity contribution in [2.75, 3.05) is 6.61 Å². The molecule has 0 fully saturated rings. The Balaban J connectivity index is 1.94. The average molecular weight is 301 g/mol. The van der Waals surface area contributed by atoms with Gasteiger partial charge < -0.3 is 14.5 Å². The van der Waals surface area contributed by atoms with Crippen LogP contribution in [0.15, 0.2) is 28.7 Å². The summed E-state index contributed by atoms with van der Waals surface area (Å²) in [5.74, 6) is 2.13. The molecule has 2 rings (SSSR count). The van der Waals surface area contributed by atoms with Crippen LogP contribution in [-0.4, -0.2) is 18.6 Å². The van der Waals surface area contributed by atoms with Crippen LogP contribution >= 0.6 is 0 Å². The quantitative estimate of drug-likeness (QED) is 0.916. The fourth-order valence-electron chi connectivity index (χ4n) is 2.39. The Bertz CT molecular complexity index is 673. The number of carbonyl (C=O) groups is 1. The van der Waals surface area contributed by atoms with Gasteiger partial charge in [-0.05, 0) is 52.3 Å². The van der Waals surface area contributed by atoms with Gasteiger partial charge in [-0.15, -0.1) is 0 Å². The molecule has 118 valence electrons. The Kier molecular flexibility index (Phi) is 4.91. The fraction of sp³-hybridized carbons (Fsp3) is 0.389. The molecule has 0 aliphatic rings. The summed E-state index contributed by atoms with van der Waals surface area (Å²) in [5, 5.41) is 2.95. The summed E-state index contributed by atoms with van der Waals surface area (Å²) in [6, 6.07) is 7.76. The van der Waals surface area contributed by atoms with Crippen molar-refractivity contribution < 1.29 is 13.9 Å². The van der Waals surface area contributed by atoms with Crippen LogP contribution in [0.25, 0.3) is 0 Å². The number of furan rings is 1. The third-order valence-electron chi connectivity index (χ3n) is 3.66. The van der Waals surface area contributed by atoms with Gasteiger partial charge in [0.05, 0.1) is 11.6 Å². The highest BCUT2D eigenvalue weighted by atomic mass is 16.5. The molecule has 1 aromatic carbocycles. The van der Waals surface area contributed by atoms with Gasteiger partial charge in [-0.25, -0.2) is 0 Å². The molecule has 1 amide bonds. The summed E-state index contributed by atoms with van der Waals surface area (Å²) in [7, 11) is 0. The first kappa shape index (κ1) is 16.1. The average Bonchev–Trinajstić information content (AvgIpc) is 2.70. The van der Waals surface area contributed by atoms with Gasteiger partial charge in [-0.3, -0.25) is 4.79 Å². The molecule has 1 heterocycles. The first-order valence-corrected chi connectivity index (χ1v) is 7.45. The van der Waals surface area contributed by atoms with E-state index in [4.69, 9.17) is 9.15 Å². The number of ether oxygens (including phenoxy) is 1. The number of rotatable bonds is 5. The van der Waals surface area contributed by atoms with Crippen molar-refractivity contribution >= 4 is 5.91 Å². The van der Waals surface area contributed by atoms with E-state index in [0.29, 0.717) is 17.9 Å². The summed E-state index contributed by atoms with van der Waals surface area (Å²) in [4.78, 5) is 12.3. The van der Waals surface area contributed by atoms with Gasteiger partial charge in [0.1, 0.15) is 23.9 Å². The lowest BCUT2D eigenvalue weighted by atomic mass is 10.1. The highest BCUT2D eigenvalue weighted by Gasteiger charge is 2.20. The Morgan fingerprint density at radius 2 is 1.95 bits per heavy atom. The molecule has 22 heavy (non-hydrogen) atoms. The minimum Gasteiger partial charge on any atom is -0.491 e. The van der Waals surface area contributed by atoms with Gasteiger partial charge in [-0.2, -0.15) is 0 Å². The molecule has 1 aromatic heterocycles. The summed E-state index contributed by atoms with van der Waals surface area (Å²) in [6.07, 6.45) is 0. The standard InChI is InChI=1S/C18H23NO3/c1-11-7-6-8-16(9-11)21-10-12(2)19-18(20)17-13(3)14(4)22-15(17)5/h6-9,12H,10H2,1-5H3,(H,19,20). The lowest BCUT2D eigenvalue weighted by Crippen LogP contribution is -2.37. The number of aryl methyl sites for hydroxylation is 3. The molecule has 0 aliphatic heterocycles. The van der Waals surface area contributed by atoms with Crippen molar-refractivity contribution in [1.29, 1.82) is 0 Å². The van der Waals surface area contributed by atoms with Gasteiger partial charge in [0.15, 0.2) is 0 Å². The smallest absolute Gasteiger partial charge is 0.255 e. The molecule has 0 bridgehead atoms. The van der Waals surface area contributed by atoms with Crippen molar-refractivity contribution in [2.24, 2.45) is 0 Å². The molecule has 0 aliphatic carbocycles. The molecule has 1 N–H and O–H groups in total. The zero-order valence-corrected chi connectivity index (χ0v) is 13.8. The van der Waals surface area contributed by atoms with Crippen LogP contribution in [0.4, 0.5) is 0 Å². The van der Waals surface area contributed by atoms with Crippen LogP contribution in [0.5, 0.6) is 5.75 Å². The number of benzene rings is 1. The minimum absolute atomic E-state index is 0.0954. The molecule has 0 saturated carbocycles. The first-order chi connectivity index (χ1) is 10.4. The number of carbonyl (C=O) groups excluding carboxylic acids is 1. The van der Waals surface area contributed by atoms with Gasteiger partial charge in [0.25, 0.3) is 5.91 Å². The number of amides is 1. The van der Waals surface area contributed by atoms with Crippen molar-refractivity contribution in [3.05, 3.63) is 52.5 Å². The molecule has 1 atom stereocenters. The molecule has 4 nitrogen and oxygen atoms in total. The van der Waals surface area contributed by atoms with E-state index in [1.165, 1.54) is 0 Å². The summed E-state index contributed by atoms with van der Waals surface area (Å²) in [6.45, 7) is 9.93. The predicted molar refractivity (Wildman–Crippen MR) is 86.5 cm³/mol. The summed E-state index contributed by atoms with van der Waals surface area (Å²) >= 11 is 0. The van der Waals surface area contributed by atoms with Gasteiger partial charge in [0, 0.05) is 5.56 Å². The largest absolute Gasteiger partial charge is 0.491 e. The van der Waals surface area contributed by atoms with E-state index in [9.17, 15) is 4.79 Å². The Morgan fingerprint density at radius 3 is 2.55 bits per heavy atom. The Morgan fingerprint density at radius 1 is 1.23 bits per heavy atom. The molecule has 0 spiro atoms. The van der Waals surface area contributed by atoms with E-state index in [0.717, 1.165) is 22.6 Å². The highest BCUT2D eigenvalue weighted by molar-refractivity contribution is 5.97. The van der Waals surface area contributed by atoms with E-state index in [1.54, 1.807) is 0 Å². The zero-order valence-electron chi connectivity index (χ0n) is 13.8. The van der Waals surface area contributed by atoms with Crippen LogP contribution in [-0.2, 0) is 0 Å². The van der Waals surface area contributed by atoms with E-state index >= 15 is 0 Å². The Hall–Kier alpha value is -2.23. The number of nitrogens with one attached hydrogen (secondary N) is 1. The van der Waals surface area contributed by atoms with Crippen molar-refractivity contribution in [3.63, 3.8) is 0 Å². The Labute approximate surface area is 131 Å². The van der Waals surface area contributed by atoms with Gasteiger partial charge in [0.2, 0.25) is 0 Å². The van der Waals surface area contributed by atoms with Crippen molar-refractivity contribution in [1.82, 2.24) is 5.32 Å². The number of hydrogen-bond acceptors (Lipinski definition) is 3. The maximum Gasteiger partial charge on any atom is 0.255 e. The van der Waals surface area contributed by atoms with Crippen molar-refractivity contribution in [2.45, 2.75) is 40.7 Å². The topological polar surface area (TPSA) is 51.5 Å². The van der Waals surface area contributed by atoms with Crippen LogP contribution in [0.3, 0.4) is 0 Å². The monoisotopic (exact) mass is 301 g/mol. The van der Waals surface area contributed by atoms with E-state index < -0.39 is 0 Å². The second kappa shape index (κ2) is 6.69. The molecule has 0 saturated heterocycles. The van der Waals surface area contributed by atoms with Crippen LogP contribution in [0, 0.1) is 27.7 Å². The van der Waals surface area contributed by atoms with Gasteiger partial charge >= 0.3 is 0 Å². The third kappa shape index (κ3) is 3.70. The van der Waals surface area contributed by atoms with Crippen LogP contribution in [0.2, 0.25) is 0 Å². The van der Waals surface area contributed by atoms with E-state index in [-0.39, 0.29) is 11.9 Å². The normalized spacial score (nSPS) is 12.0. The lowest BCUT2D eigenvalue weighted by molar-refractivity contribution is 0.0924.